The molecule has 6 heteroatoms. The molecule has 0 fully saturated rings. The summed E-state index contributed by atoms with van der Waals surface area (Å²) in [6, 6.07) is 5.74. The first-order valence-electron chi connectivity index (χ1n) is 6.15. The number of rotatable bonds is 6. The number of nitrogens with two attached hydrogens (primary N) is 1. The van der Waals surface area contributed by atoms with E-state index >= 15 is 0 Å². The molecule has 0 radical (unpaired) electrons. The van der Waals surface area contributed by atoms with Crippen molar-refractivity contribution in [3.63, 3.8) is 0 Å². The largest absolute Gasteiger partial charge is 0.393 e. The van der Waals surface area contributed by atoms with Gasteiger partial charge in [0.15, 0.2) is 0 Å². The standard InChI is InChI=1S/C13H19N3O3/c1-2-11(17)7-8-15-12(18)9-3-5-10(6-4-9)16-13(14)19/h3-6,11,17H,2,7-8H2,1H3,(H,15,18)(H3,14,16,19). The number of hydrogen-bond acceptors (Lipinski definition) is 3. The van der Waals surface area contributed by atoms with Gasteiger partial charge in [0.1, 0.15) is 0 Å². The lowest BCUT2D eigenvalue weighted by Crippen LogP contribution is -2.27. The fraction of sp³-hybridized carbons (Fsp3) is 0.385. The van der Waals surface area contributed by atoms with Crippen LogP contribution in [0.1, 0.15) is 30.1 Å². The number of hydrogen-bond donors (Lipinski definition) is 4. The molecule has 0 spiro atoms. The Kier molecular flexibility index (Phi) is 5.81. The molecule has 19 heavy (non-hydrogen) atoms. The molecular formula is C13H19N3O3. The van der Waals surface area contributed by atoms with Gasteiger partial charge in [0, 0.05) is 17.8 Å². The minimum absolute atomic E-state index is 0.214. The SMILES string of the molecule is CCC(O)CCNC(=O)c1ccc(NC(N)=O)cc1. The number of anilines is 1. The zero-order valence-electron chi connectivity index (χ0n) is 10.8. The maximum absolute atomic E-state index is 11.7. The Balaban J connectivity index is 2.46. The molecule has 1 atom stereocenters. The maximum Gasteiger partial charge on any atom is 0.316 e. The molecule has 1 aromatic rings. The van der Waals surface area contributed by atoms with Crippen LogP contribution in [0, 0.1) is 0 Å². The summed E-state index contributed by atoms with van der Waals surface area (Å²) in [4.78, 5) is 22.4. The van der Waals surface area contributed by atoms with E-state index in [1.54, 1.807) is 24.3 Å². The highest BCUT2D eigenvalue weighted by molar-refractivity contribution is 5.95. The van der Waals surface area contributed by atoms with Crippen molar-refractivity contribution < 1.29 is 14.7 Å². The van der Waals surface area contributed by atoms with Crippen LogP contribution in [0.5, 0.6) is 0 Å². The Bertz CT molecular complexity index is 431. The van der Waals surface area contributed by atoms with Gasteiger partial charge in [-0.05, 0) is 37.1 Å². The van der Waals surface area contributed by atoms with E-state index in [0.717, 1.165) is 0 Å². The lowest BCUT2D eigenvalue weighted by molar-refractivity contribution is 0.0942. The van der Waals surface area contributed by atoms with E-state index in [1.807, 2.05) is 6.92 Å². The lowest BCUT2D eigenvalue weighted by Gasteiger charge is -2.09. The molecule has 0 aromatic heterocycles. The monoisotopic (exact) mass is 265 g/mol. The van der Waals surface area contributed by atoms with Crippen LogP contribution >= 0.6 is 0 Å². The molecule has 0 saturated heterocycles. The molecule has 0 aliphatic carbocycles. The Labute approximate surface area is 112 Å². The fourth-order valence-corrected chi connectivity index (χ4v) is 1.51. The maximum atomic E-state index is 11.7. The third kappa shape index (κ3) is 5.39. The average Bonchev–Trinajstić information content (AvgIpc) is 2.38. The van der Waals surface area contributed by atoms with Crippen molar-refractivity contribution in [2.75, 3.05) is 11.9 Å². The second-order valence-corrected chi connectivity index (χ2v) is 4.17. The molecule has 104 valence electrons. The van der Waals surface area contributed by atoms with Gasteiger partial charge in [0.05, 0.1) is 6.10 Å². The molecule has 6 nitrogen and oxygen atoms in total. The van der Waals surface area contributed by atoms with Gasteiger partial charge in [-0.2, -0.15) is 0 Å². The number of benzene rings is 1. The van der Waals surface area contributed by atoms with Crippen molar-refractivity contribution in [2.45, 2.75) is 25.9 Å². The van der Waals surface area contributed by atoms with E-state index in [2.05, 4.69) is 10.6 Å². The third-order valence-electron chi connectivity index (χ3n) is 2.65. The second-order valence-electron chi connectivity index (χ2n) is 4.17. The normalized spacial score (nSPS) is 11.7. The summed E-state index contributed by atoms with van der Waals surface area (Å²) in [5.74, 6) is -0.214. The first-order chi connectivity index (χ1) is 9.02. The topological polar surface area (TPSA) is 104 Å². The molecule has 1 rings (SSSR count). The number of amides is 3. The number of carbonyl (C=O) groups excluding carboxylic acids is 2. The first kappa shape index (κ1) is 15.0. The Morgan fingerprint density at radius 1 is 1.32 bits per heavy atom. The summed E-state index contributed by atoms with van der Waals surface area (Å²) in [6.45, 7) is 2.31. The van der Waals surface area contributed by atoms with Crippen LogP contribution in [-0.4, -0.2) is 29.7 Å². The van der Waals surface area contributed by atoms with Crippen molar-refractivity contribution in [1.82, 2.24) is 5.32 Å². The smallest absolute Gasteiger partial charge is 0.316 e. The van der Waals surface area contributed by atoms with E-state index in [1.165, 1.54) is 0 Å². The van der Waals surface area contributed by atoms with Crippen LogP contribution in [0.2, 0.25) is 0 Å². The zero-order valence-corrected chi connectivity index (χ0v) is 10.8. The molecule has 0 heterocycles. The minimum Gasteiger partial charge on any atom is -0.393 e. The molecule has 5 N–H and O–H groups in total. The van der Waals surface area contributed by atoms with Crippen LogP contribution in [0.15, 0.2) is 24.3 Å². The zero-order chi connectivity index (χ0) is 14.3. The predicted molar refractivity (Wildman–Crippen MR) is 72.9 cm³/mol. The lowest BCUT2D eigenvalue weighted by atomic mass is 10.1. The van der Waals surface area contributed by atoms with E-state index < -0.39 is 6.03 Å². The second kappa shape index (κ2) is 7.38. The average molecular weight is 265 g/mol. The van der Waals surface area contributed by atoms with Crippen molar-refractivity contribution >= 4 is 17.6 Å². The molecule has 1 aromatic carbocycles. The highest BCUT2D eigenvalue weighted by atomic mass is 16.3. The van der Waals surface area contributed by atoms with E-state index in [0.29, 0.717) is 30.6 Å². The van der Waals surface area contributed by atoms with Crippen LogP contribution < -0.4 is 16.4 Å². The van der Waals surface area contributed by atoms with Gasteiger partial charge in [-0.15, -0.1) is 0 Å². The predicted octanol–water partition coefficient (Wildman–Crippen LogP) is 1.07. The number of nitrogens with one attached hydrogen (secondary N) is 2. The Morgan fingerprint density at radius 2 is 1.95 bits per heavy atom. The van der Waals surface area contributed by atoms with Crippen LogP contribution in [-0.2, 0) is 0 Å². The van der Waals surface area contributed by atoms with E-state index in [9.17, 15) is 14.7 Å². The highest BCUT2D eigenvalue weighted by Gasteiger charge is 2.06. The van der Waals surface area contributed by atoms with E-state index in [-0.39, 0.29) is 12.0 Å². The summed E-state index contributed by atoms with van der Waals surface area (Å²) in [5, 5.41) is 14.5. The first-order valence-corrected chi connectivity index (χ1v) is 6.15. The highest BCUT2D eigenvalue weighted by Crippen LogP contribution is 2.09. The number of urea groups is 1. The van der Waals surface area contributed by atoms with Gasteiger partial charge < -0.3 is 21.5 Å². The number of primary amides is 1. The fourth-order valence-electron chi connectivity index (χ4n) is 1.51. The molecule has 1 unspecified atom stereocenters. The molecule has 0 aliphatic heterocycles. The molecular weight excluding hydrogens is 246 g/mol. The summed E-state index contributed by atoms with van der Waals surface area (Å²) < 4.78 is 0. The van der Waals surface area contributed by atoms with Crippen LogP contribution in [0.25, 0.3) is 0 Å². The van der Waals surface area contributed by atoms with Crippen molar-refractivity contribution in [2.24, 2.45) is 5.73 Å². The van der Waals surface area contributed by atoms with Gasteiger partial charge in [-0.1, -0.05) is 6.92 Å². The van der Waals surface area contributed by atoms with Crippen LogP contribution in [0.3, 0.4) is 0 Å². The molecule has 0 saturated carbocycles. The number of aliphatic hydroxyl groups is 1. The number of carbonyl (C=O) groups is 2. The Morgan fingerprint density at radius 3 is 2.47 bits per heavy atom. The Hall–Kier alpha value is -2.08. The number of aliphatic hydroxyl groups excluding tert-OH is 1. The molecule has 3 amide bonds. The molecule has 0 bridgehead atoms. The van der Waals surface area contributed by atoms with Crippen molar-refractivity contribution in [3.05, 3.63) is 29.8 Å². The molecule has 0 aliphatic rings. The van der Waals surface area contributed by atoms with Gasteiger partial charge in [-0.25, -0.2) is 4.79 Å². The van der Waals surface area contributed by atoms with Gasteiger partial charge >= 0.3 is 6.03 Å². The summed E-state index contributed by atoms with van der Waals surface area (Å²) in [5.41, 5.74) is 6.00. The van der Waals surface area contributed by atoms with Crippen molar-refractivity contribution in [1.29, 1.82) is 0 Å². The minimum atomic E-state index is -0.647. The van der Waals surface area contributed by atoms with Gasteiger partial charge in [0.25, 0.3) is 5.91 Å². The quantitative estimate of drug-likeness (QED) is 0.618. The van der Waals surface area contributed by atoms with Crippen LogP contribution in [0.4, 0.5) is 10.5 Å². The summed E-state index contributed by atoms with van der Waals surface area (Å²) >= 11 is 0. The summed E-state index contributed by atoms with van der Waals surface area (Å²) in [6.07, 6.45) is 0.815. The summed E-state index contributed by atoms with van der Waals surface area (Å²) in [7, 11) is 0. The van der Waals surface area contributed by atoms with Crippen molar-refractivity contribution in [3.8, 4) is 0 Å². The van der Waals surface area contributed by atoms with E-state index in [4.69, 9.17) is 5.73 Å². The van der Waals surface area contributed by atoms with Gasteiger partial charge in [0.2, 0.25) is 0 Å². The third-order valence-corrected chi connectivity index (χ3v) is 2.65. The van der Waals surface area contributed by atoms with Gasteiger partial charge in [-0.3, -0.25) is 4.79 Å².